The van der Waals surface area contributed by atoms with E-state index in [0.717, 1.165) is 5.56 Å². The second kappa shape index (κ2) is 8.53. The van der Waals surface area contributed by atoms with Crippen LogP contribution in [-0.2, 0) is 6.54 Å². The smallest absolute Gasteiger partial charge is 0.407 e. The summed E-state index contributed by atoms with van der Waals surface area (Å²) in [5.41, 5.74) is 1.59. The van der Waals surface area contributed by atoms with Gasteiger partial charge >= 0.3 is 11.8 Å². The Morgan fingerprint density at radius 2 is 1.79 bits per heavy atom. The molecule has 0 aliphatic carbocycles. The lowest BCUT2D eigenvalue weighted by Gasteiger charge is -2.34. The van der Waals surface area contributed by atoms with Crippen LogP contribution in [0.2, 0.25) is 10.0 Å². The van der Waals surface area contributed by atoms with Gasteiger partial charge in [-0.2, -0.15) is 0 Å². The van der Waals surface area contributed by atoms with E-state index in [2.05, 4.69) is 5.32 Å². The lowest BCUT2D eigenvalue weighted by atomic mass is 10.1. The minimum absolute atomic E-state index is 0.0422. The Kier molecular flexibility index (Phi) is 6.11. The largest absolute Gasteiger partial charge is 0.465 e. The van der Waals surface area contributed by atoms with Crippen LogP contribution in [0.3, 0.4) is 0 Å². The van der Waals surface area contributed by atoms with E-state index in [1.807, 2.05) is 4.90 Å². The number of hydrogen-bond donors (Lipinski definition) is 2. The number of carbonyl (C=O) groups is 1. The van der Waals surface area contributed by atoms with Crippen molar-refractivity contribution in [2.75, 3.05) is 36.4 Å². The summed E-state index contributed by atoms with van der Waals surface area (Å²) >= 11 is 12.0. The number of rotatable bonds is 5. The molecule has 0 saturated carbocycles. The molecule has 0 atom stereocenters. The number of anilines is 2. The minimum atomic E-state index is -0.982. The van der Waals surface area contributed by atoms with Crippen molar-refractivity contribution in [3.63, 3.8) is 0 Å². The lowest BCUT2D eigenvalue weighted by Crippen LogP contribution is -2.48. The van der Waals surface area contributed by atoms with Crippen molar-refractivity contribution in [1.82, 2.24) is 4.90 Å². The molecule has 2 N–H and O–H groups in total. The van der Waals surface area contributed by atoms with Gasteiger partial charge in [0.25, 0.3) is 0 Å². The second-order valence-corrected chi connectivity index (χ2v) is 7.19. The second-order valence-electron chi connectivity index (χ2n) is 6.32. The highest BCUT2D eigenvalue weighted by Crippen LogP contribution is 2.36. The fourth-order valence-electron chi connectivity index (χ4n) is 3.17. The third-order valence-electron chi connectivity index (χ3n) is 4.49. The van der Waals surface area contributed by atoms with Crippen molar-refractivity contribution in [3.8, 4) is 0 Å². The zero-order valence-electron chi connectivity index (χ0n) is 14.8. The van der Waals surface area contributed by atoms with Crippen molar-refractivity contribution >= 4 is 46.4 Å². The summed E-state index contributed by atoms with van der Waals surface area (Å²) in [4.78, 5) is 25.5. The Morgan fingerprint density at radius 3 is 2.36 bits per heavy atom. The first kappa shape index (κ1) is 20.0. The molecule has 1 heterocycles. The van der Waals surface area contributed by atoms with Crippen LogP contribution < -0.4 is 10.2 Å². The van der Waals surface area contributed by atoms with Crippen molar-refractivity contribution in [2.45, 2.75) is 6.54 Å². The van der Waals surface area contributed by atoms with E-state index in [9.17, 15) is 14.9 Å². The van der Waals surface area contributed by atoms with Crippen molar-refractivity contribution < 1.29 is 14.8 Å². The molecule has 0 spiro atoms. The molecular weight excluding hydrogens is 407 g/mol. The van der Waals surface area contributed by atoms with E-state index >= 15 is 0 Å². The fraction of sp³-hybridized carbons (Fsp3) is 0.278. The van der Waals surface area contributed by atoms with Crippen LogP contribution in [0.1, 0.15) is 5.56 Å². The molecule has 1 amide bonds. The maximum Gasteiger partial charge on any atom is 0.407 e. The van der Waals surface area contributed by atoms with Crippen LogP contribution in [0.15, 0.2) is 36.4 Å². The van der Waals surface area contributed by atoms with Gasteiger partial charge in [0.2, 0.25) is 0 Å². The van der Waals surface area contributed by atoms with Gasteiger partial charge in [-0.15, -0.1) is 0 Å². The predicted octanol–water partition coefficient (Wildman–Crippen LogP) is 4.31. The minimum Gasteiger partial charge on any atom is -0.465 e. The van der Waals surface area contributed by atoms with E-state index in [-0.39, 0.29) is 5.69 Å². The SMILES string of the molecule is O=C(O)N1CCN(c2cccc(NCc3cc(Cl)cc(Cl)c3)c2[N+](=O)[O-])CC1. The number of nitrogens with one attached hydrogen (secondary N) is 1. The number of halogens is 2. The normalized spacial score (nSPS) is 14.1. The molecule has 148 valence electrons. The highest BCUT2D eigenvalue weighted by atomic mass is 35.5. The third-order valence-corrected chi connectivity index (χ3v) is 4.93. The molecule has 0 radical (unpaired) electrons. The Bertz CT molecular complexity index is 881. The van der Waals surface area contributed by atoms with Crippen molar-refractivity contribution in [1.29, 1.82) is 0 Å². The molecule has 1 saturated heterocycles. The number of carboxylic acid groups (broad SMARTS) is 1. The van der Waals surface area contributed by atoms with Crippen LogP contribution in [0.4, 0.5) is 21.9 Å². The van der Waals surface area contributed by atoms with Gasteiger partial charge in [0.1, 0.15) is 11.4 Å². The first-order valence-corrected chi connectivity index (χ1v) is 9.30. The first-order chi connectivity index (χ1) is 13.3. The Hall–Kier alpha value is -2.71. The molecule has 0 aromatic heterocycles. The molecule has 0 bridgehead atoms. The van der Waals surface area contributed by atoms with E-state index in [1.165, 1.54) is 4.90 Å². The molecule has 3 rings (SSSR count). The molecule has 10 heteroatoms. The molecule has 1 aliphatic heterocycles. The molecule has 2 aromatic carbocycles. The number of hydrogen-bond acceptors (Lipinski definition) is 5. The van der Waals surface area contributed by atoms with Crippen LogP contribution in [0.25, 0.3) is 0 Å². The lowest BCUT2D eigenvalue weighted by molar-refractivity contribution is -0.383. The monoisotopic (exact) mass is 424 g/mol. The average molecular weight is 425 g/mol. The summed E-state index contributed by atoms with van der Waals surface area (Å²) in [5, 5.41) is 24.9. The van der Waals surface area contributed by atoms with Crippen LogP contribution in [-0.4, -0.2) is 47.2 Å². The number of para-hydroxylation sites is 1. The summed E-state index contributed by atoms with van der Waals surface area (Å²) in [6.45, 7) is 1.69. The van der Waals surface area contributed by atoms with E-state index in [0.29, 0.717) is 54.1 Å². The number of amides is 1. The summed E-state index contributed by atoms with van der Waals surface area (Å²) in [6.07, 6.45) is -0.982. The summed E-state index contributed by atoms with van der Waals surface area (Å²) < 4.78 is 0. The van der Waals surface area contributed by atoms with E-state index in [1.54, 1.807) is 36.4 Å². The first-order valence-electron chi connectivity index (χ1n) is 8.54. The van der Waals surface area contributed by atoms with E-state index < -0.39 is 11.0 Å². The molecule has 1 fully saturated rings. The summed E-state index contributed by atoms with van der Waals surface area (Å²) in [7, 11) is 0. The standard InChI is InChI=1S/C18H18Cl2N4O4/c19-13-8-12(9-14(20)10-13)11-21-15-2-1-3-16(17(15)24(27)28)22-4-6-23(7-5-22)18(25)26/h1-3,8-10,21H,4-7,11H2,(H,25,26). The van der Waals surface area contributed by atoms with Crippen LogP contribution in [0, 0.1) is 10.1 Å². The molecule has 8 nitrogen and oxygen atoms in total. The average Bonchev–Trinajstić information content (AvgIpc) is 2.65. The Labute approximate surface area is 171 Å². The van der Waals surface area contributed by atoms with Gasteiger partial charge in [-0.05, 0) is 35.9 Å². The zero-order chi connectivity index (χ0) is 20.3. The summed E-state index contributed by atoms with van der Waals surface area (Å²) in [6, 6.07) is 10.1. The zero-order valence-corrected chi connectivity index (χ0v) is 16.3. The highest BCUT2D eigenvalue weighted by Gasteiger charge is 2.27. The Morgan fingerprint density at radius 1 is 1.14 bits per heavy atom. The topological polar surface area (TPSA) is 99.0 Å². The molecule has 28 heavy (non-hydrogen) atoms. The fourth-order valence-corrected chi connectivity index (χ4v) is 3.74. The number of nitro groups is 1. The maximum atomic E-state index is 11.8. The van der Waals surface area contributed by atoms with Gasteiger partial charge < -0.3 is 20.2 Å². The van der Waals surface area contributed by atoms with Crippen molar-refractivity contribution in [2.24, 2.45) is 0 Å². The highest BCUT2D eigenvalue weighted by molar-refractivity contribution is 6.34. The van der Waals surface area contributed by atoms with Crippen LogP contribution >= 0.6 is 23.2 Å². The van der Waals surface area contributed by atoms with Gasteiger partial charge in [0, 0.05) is 42.8 Å². The van der Waals surface area contributed by atoms with Crippen molar-refractivity contribution in [3.05, 3.63) is 62.1 Å². The number of piperazine rings is 1. The number of nitrogens with zero attached hydrogens (tertiary/aromatic N) is 3. The number of benzene rings is 2. The molecule has 0 unspecified atom stereocenters. The van der Waals surface area contributed by atoms with Gasteiger partial charge in [0.05, 0.1) is 4.92 Å². The van der Waals surface area contributed by atoms with E-state index in [4.69, 9.17) is 28.3 Å². The van der Waals surface area contributed by atoms with Crippen LogP contribution in [0.5, 0.6) is 0 Å². The molecular formula is C18H18Cl2N4O4. The van der Waals surface area contributed by atoms with Gasteiger partial charge in [0.15, 0.2) is 0 Å². The predicted molar refractivity (Wildman–Crippen MR) is 109 cm³/mol. The van der Waals surface area contributed by atoms with Gasteiger partial charge in [-0.3, -0.25) is 10.1 Å². The molecule has 2 aromatic rings. The third kappa shape index (κ3) is 4.58. The molecule has 1 aliphatic rings. The number of nitro benzene ring substituents is 1. The Balaban J connectivity index is 1.82. The van der Waals surface area contributed by atoms with Gasteiger partial charge in [-0.25, -0.2) is 4.79 Å². The maximum absolute atomic E-state index is 11.8. The summed E-state index contributed by atoms with van der Waals surface area (Å²) in [5.74, 6) is 0. The van der Waals surface area contributed by atoms with Gasteiger partial charge in [-0.1, -0.05) is 29.3 Å². The quantitative estimate of drug-likeness (QED) is 0.547.